The summed E-state index contributed by atoms with van der Waals surface area (Å²) in [6.07, 6.45) is 0. The minimum Gasteiger partial charge on any atom is -0.497 e. The smallest absolute Gasteiger partial charge is 0.335 e. The number of amides is 3. The van der Waals surface area contributed by atoms with Crippen LogP contribution in [0.3, 0.4) is 0 Å². The summed E-state index contributed by atoms with van der Waals surface area (Å²) < 4.78 is 5.24. The van der Waals surface area contributed by atoms with E-state index < -0.39 is 0 Å². The van der Waals surface area contributed by atoms with Gasteiger partial charge in [0, 0.05) is 31.2 Å². The average Bonchev–Trinajstić information content (AvgIpc) is 2.62. The monoisotopic (exact) mass is 296 g/mol. The molecule has 3 rings (SSSR count). The van der Waals surface area contributed by atoms with E-state index in [0.29, 0.717) is 11.4 Å². The number of benzene rings is 2. The van der Waals surface area contributed by atoms with Gasteiger partial charge in [0.15, 0.2) is 0 Å². The van der Waals surface area contributed by atoms with Crippen molar-refractivity contribution in [3.8, 4) is 16.9 Å². The maximum atomic E-state index is 12.7. The number of urea groups is 1. The van der Waals surface area contributed by atoms with E-state index in [4.69, 9.17) is 4.74 Å². The molecule has 2 aromatic rings. The van der Waals surface area contributed by atoms with Crippen molar-refractivity contribution in [1.29, 1.82) is 0 Å². The molecule has 0 aromatic heterocycles. The van der Waals surface area contributed by atoms with Gasteiger partial charge in [-0.05, 0) is 18.2 Å². The number of anilines is 2. The average molecular weight is 296 g/mol. The predicted molar refractivity (Wildman–Crippen MR) is 85.4 cm³/mol. The molecule has 0 saturated carbocycles. The molecule has 5 nitrogen and oxygen atoms in total. The van der Waals surface area contributed by atoms with Crippen molar-refractivity contribution < 1.29 is 14.3 Å². The van der Waals surface area contributed by atoms with Crippen molar-refractivity contribution in [2.24, 2.45) is 0 Å². The molecule has 0 unspecified atom stereocenters. The molecule has 0 N–H and O–H groups in total. The maximum Gasteiger partial charge on any atom is 0.335 e. The third kappa shape index (κ3) is 2.02. The molecule has 0 atom stereocenters. The first kappa shape index (κ1) is 14.1. The predicted octanol–water partition coefficient (Wildman–Crippen LogP) is 3.28. The lowest BCUT2D eigenvalue weighted by atomic mass is 10.0. The van der Waals surface area contributed by atoms with E-state index in [1.165, 1.54) is 16.7 Å². The summed E-state index contributed by atoms with van der Waals surface area (Å²) in [7, 11) is 3.22. The Morgan fingerprint density at radius 3 is 2.41 bits per heavy atom. The second kappa shape index (κ2) is 5.18. The van der Waals surface area contributed by atoms with Crippen LogP contribution in [0.2, 0.25) is 0 Å². The van der Waals surface area contributed by atoms with Crippen LogP contribution >= 0.6 is 0 Å². The molecule has 1 aliphatic rings. The van der Waals surface area contributed by atoms with Gasteiger partial charge >= 0.3 is 6.03 Å². The van der Waals surface area contributed by atoms with Gasteiger partial charge in [-0.15, -0.1) is 0 Å². The molecule has 0 bridgehead atoms. The number of imide groups is 1. The van der Waals surface area contributed by atoms with E-state index >= 15 is 0 Å². The van der Waals surface area contributed by atoms with Crippen LogP contribution < -0.4 is 14.5 Å². The molecule has 0 spiro atoms. The van der Waals surface area contributed by atoms with E-state index in [-0.39, 0.29) is 11.9 Å². The molecule has 0 saturated heterocycles. The lowest BCUT2D eigenvalue weighted by Crippen LogP contribution is -2.43. The topological polar surface area (TPSA) is 49.9 Å². The Morgan fingerprint density at radius 1 is 1.05 bits per heavy atom. The number of nitrogens with zero attached hydrogens (tertiary/aromatic N) is 2. The van der Waals surface area contributed by atoms with Crippen LogP contribution in [0.1, 0.15) is 6.92 Å². The molecule has 0 fully saturated rings. The Labute approximate surface area is 128 Å². The molecule has 0 aliphatic carbocycles. The second-order valence-corrected chi connectivity index (χ2v) is 5.10. The highest BCUT2D eigenvalue weighted by Gasteiger charge is 2.32. The maximum absolute atomic E-state index is 12.7. The summed E-state index contributed by atoms with van der Waals surface area (Å²) in [5.41, 5.74) is 3.03. The van der Waals surface area contributed by atoms with Crippen molar-refractivity contribution in [2.45, 2.75) is 6.92 Å². The van der Waals surface area contributed by atoms with Crippen LogP contribution in [0.15, 0.2) is 42.5 Å². The molecule has 2 aromatic carbocycles. The van der Waals surface area contributed by atoms with Crippen molar-refractivity contribution in [2.75, 3.05) is 24.0 Å². The molecule has 22 heavy (non-hydrogen) atoms. The van der Waals surface area contributed by atoms with Gasteiger partial charge in [0.1, 0.15) is 5.75 Å². The van der Waals surface area contributed by atoms with Gasteiger partial charge < -0.3 is 4.74 Å². The van der Waals surface area contributed by atoms with Crippen LogP contribution in [-0.2, 0) is 4.79 Å². The second-order valence-electron chi connectivity index (χ2n) is 5.10. The number of rotatable bonds is 1. The van der Waals surface area contributed by atoms with Crippen molar-refractivity contribution >= 4 is 23.3 Å². The summed E-state index contributed by atoms with van der Waals surface area (Å²) >= 11 is 0. The highest BCUT2D eigenvalue weighted by atomic mass is 16.5. The number of fused-ring (bicyclic) bond motifs is 3. The van der Waals surface area contributed by atoms with Crippen LogP contribution in [0.4, 0.5) is 16.2 Å². The standard InChI is InChI=1S/C17H16N2O3/c1-11(20)19-16-10-12(22-3)8-9-14(16)13-6-4-5-7-15(13)18(2)17(19)21/h4-10H,1-3H3. The van der Waals surface area contributed by atoms with Crippen molar-refractivity contribution in [1.82, 2.24) is 0 Å². The molecular weight excluding hydrogens is 280 g/mol. The van der Waals surface area contributed by atoms with Crippen LogP contribution in [-0.4, -0.2) is 26.1 Å². The number of carbonyl (C=O) groups is 2. The largest absolute Gasteiger partial charge is 0.497 e. The summed E-state index contributed by atoms with van der Waals surface area (Å²) in [5, 5.41) is 0. The van der Waals surface area contributed by atoms with Gasteiger partial charge in [-0.1, -0.05) is 18.2 Å². The molecule has 112 valence electrons. The van der Waals surface area contributed by atoms with E-state index in [1.807, 2.05) is 36.4 Å². The fourth-order valence-corrected chi connectivity index (χ4v) is 2.71. The molecule has 3 amide bonds. The zero-order chi connectivity index (χ0) is 15.9. The highest BCUT2D eigenvalue weighted by molar-refractivity contribution is 6.23. The number of hydrogen-bond donors (Lipinski definition) is 0. The van der Waals surface area contributed by atoms with Crippen LogP contribution in [0.25, 0.3) is 11.1 Å². The van der Waals surface area contributed by atoms with Gasteiger partial charge in [-0.3, -0.25) is 9.69 Å². The minimum absolute atomic E-state index is 0.334. The summed E-state index contributed by atoms with van der Waals surface area (Å²) in [6.45, 7) is 1.38. The van der Waals surface area contributed by atoms with E-state index in [9.17, 15) is 9.59 Å². The quantitative estimate of drug-likeness (QED) is 0.811. The fourth-order valence-electron chi connectivity index (χ4n) is 2.71. The molecule has 5 heteroatoms. The third-order valence-electron chi connectivity index (χ3n) is 3.79. The van der Waals surface area contributed by atoms with Crippen molar-refractivity contribution in [3.63, 3.8) is 0 Å². The number of hydrogen-bond acceptors (Lipinski definition) is 3. The van der Waals surface area contributed by atoms with Crippen molar-refractivity contribution in [3.05, 3.63) is 42.5 Å². The lowest BCUT2D eigenvalue weighted by Gasteiger charge is -2.23. The Kier molecular flexibility index (Phi) is 3.33. The number of ether oxygens (including phenoxy) is 1. The SMILES string of the molecule is COc1ccc2c(c1)N(C(C)=O)C(=O)N(C)c1ccccc1-2. The first-order valence-electron chi connectivity index (χ1n) is 6.90. The third-order valence-corrected chi connectivity index (χ3v) is 3.79. The lowest BCUT2D eigenvalue weighted by molar-refractivity contribution is -0.115. The Morgan fingerprint density at radius 2 is 1.73 bits per heavy atom. The van der Waals surface area contributed by atoms with Crippen LogP contribution in [0, 0.1) is 0 Å². The fraction of sp³-hybridized carbons (Fsp3) is 0.176. The Bertz CT molecular complexity index is 770. The summed E-state index contributed by atoms with van der Waals surface area (Å²) in [4.78, 5) is 27.4. The van der Waals surface area contributed by atoms with Gasteiger partial charge in [-0.2, -0.15) is 0 Å². The Balaban J connectivity index is 2.36. The summed E-state index contributed by atoms with van der Waals surface area (Å²) in [6, 6.07) is 12.6. The normalized spacial score (nSPS) is 13.3. The van der Waals surface area contributed by atoms with Gasteiger partial charge in [0.2, 0.25) is 5.91 Å². The zero-order valence-electron chi connectivity index (χ0n) is 12.7. The number of para-hydroxylation sites is 1. The molecule has 1 heterocycles. The van der Waals surface area contributed by atoms with E-state index in [1.54, 1.807) is 20.2 Å². The molecular formula is C17H16N2O3. The summed E-state index contributed by atoms with van der Waals surface area (Å²) in [5.74, 6) is 0.263. The van der Waals surface area contributed by atoms with Gasteiger partial charge in [-0.25, -0.2) is 9.69 Å². The van der Waals surface area contributed by atoms with Gasteiger partial charge in [0.05, 0.1) is 18.5 Å². The van der Waals surface area contributed by atoms with Crippen LogP contribution in [0.5, 0.6) is 5.75 Å². The molecule has 0 radical (unpaired) electrons. The number of carbonyl (C=O) groups excluding carboxylic acids is 2. The highest BCUT2D eigenvalue weighted by Crippen LogP contribution is 2.42. The van der Waals surface area contributed by atoms with E-state index in [0.717, 1.165) is 16.8 Å². The molecule has 1 aliphatic heterocycles. The minimum atomic E-state index is -0.382. The first-order chi connectivity index (χ1) is 10.5. The Hall–Kier alpha value is -2.82. The van der Waals surface area contributed by atoms with Gasteiger partial charge in [0.25, 0.3) is 0 Å². The zero-order valence-corrected chi connectivity index (χ0v) is 12.7. The van der Waals surface area contributed by atoms with E-state index in [2.05, 4.69) is 0 Å². The number of methoxy groups -OCH3 is 1. The first-order valence-corrected chi connectivity index (χ1v) is 6.90.